The molecule has 1 aromatic rings. The minimum absolute atomic E-state index is 0.570. The molecule has 0 bridgehead atoms. The molecule has 1 aromatic carbocycles. The zero-order chi connectivity index (χ0) is 11.0. The number of rotatable bonds is 2. The fraction of sp³-hybridized carbons (Fsp3) is 0.500. The second-order valence-electron chi connectivity index (χ2n) is 4.83. The topological polar surface area (TPSA) is 20.3 Å². The normalized spacial score (nSPS) is 18.1. The summed E-state index contributed by atoms with van der Waals surface area (Å²) in [4.78, 5) is 13.1. The first-order chi connectivity index (χ1) is 7.88. The molecule has 0 spiro atoms. The summed E-state index contributed by atoms with van der Waals surface area (Å²) < 4.78 is 0. The van der Waals surface area contributed by atoms with Gasteiger partial charge in [-0.2, -0.15) is 0 Å². The van der Waals surface area contributed by atoms with Crippen LogP contribution < -0.4 is 4.90 Å². The molecule has 16 heavy (non-hydrogen) atoms. The highest BCUT2D eigenvalue weighted by molar-refractivity contribution is 5.66. The van der Waals surface area contributed by atoms with Crippen molar-refractivity contribution in [3.8, 4) is 0 Å². The Hall–Kier alpha value is -1.31. The number of benzene rings is 1. The molecule has 2 heterocycles. The quantitative estimate of drug-likeness (QED) is 0.704. The minimum atomic E-state index is 0.570. The van der Waals surface area contributed by atoms with Crippen LogP contribution in [-0.4, -0.2) is 19.4 Å². The van der Waals surface area contributed by atoms with Crippen molar-refractivity contribution in [2.24, 2.45) is 0 Å². The molecule has 0 saturated heterocycles. The van der Waals surface area contributed by atoms with Gasteiger partial charge in [0.25, 0.3) is 0 Å². The fourth-order valence-electron chi connectivity index (χ4n) is 3.09. The van der Waals surface area contributed by atoms with E-state index in [1.165, 1.54) is 61.2 Å². The Morgan fingerprint density at radius 1 is 1.12 bits per heavy atom. The lowest BCUT2D eigenvalue weighted by Gasteiger charge is -2.37. The lowest BCUT2D eigenvalue weighted by atomic mass is 9.89. The van der Waals surface area contributed by atoms with Gasteiger partial charge in [-0.25, -0.2) is 0 Å². The summed E-state index contributed by atoms with van der Waals surface area (Å²) in [5, 5.41) is 0. The number of hydrogen-bond acceptors (Lipinski definition) is 2. The average molecular weight is 215 g/mol. The molecule has 0 amide bonds. The van der Waals surface area contributed by atoms with Gasteiger partial charge in [0.05, 0.1) is 0 Å². The Bertz CT molecular complexity index is 394. The monoisotopic (exact) mass is 215 g/mol. The molecule has 0 atom stereocenters. The highest BCUT2D eigenvalue weighted by Gasteiger charge is 2.23. The number of anilines is 1. The lowest BCUT2D eigenvalue weighted by Crippen LogP contribution is -2.34. The molecule has 0 unspecified atom stereocenters. The Balaban J connectivity index is 2.09. The number of aryl methyl sites for hydroxylation is 2. The minimum Gasteiger partial charge on any atom is -0.371 e. The molecule has 0 N–H and O–H groups in total. The first kappa shape index (κ1) is 9.88. The number of carbonyl (C=O) groups is 1. The van der Waals surface area contributed by atoms with Crippen LogP contribution >= 0.6 is 0 Å². The van der Waals surface area contributed by atoms with Crippen LogP contribution in [0.25, 0.3) is 0 Å². The van der Waals surface area contributed by atoms with E-state index in [4.69, 9.17) is 0 Å². The van der Waals surface area contributed by atoms with E-state index in [2.05, 4.69) is 17.0 Å². The SMILES string of the molecule is O=CCc1cc2c3c(c1)CCCN3CCC2. The Kier molecular flexibility index (Phi) is 2.43. The number of aldehydes is 1. The van der Waals surface area contributed by atoms with Crippen molar-refractivity contribution in [3.63, 3.8) is 0 Å². The summed E-state index contributed by atoms with van der Waals surface area (Å²) in [5.41, 5.74) is 5.64. The van der Waals surface area contributed by atoms with Crippen LogP contribution in [0, 0.1) is 0 Å². The molecule has 0 radical (unpaired) electrons. The highest BCUT2D eigenvalue weighted by Crippen LogP contribution is 2.35. The fourth-order valence-corrected chi connectivity index (χ4v) is 3.09. The smallest absolute Gasteiger partial charge is 0.124 e. The standard InChI is InChI=1S/C14H17NO/c16-8-5-11-9-12-3-1-6-15-7-2-4-13(10-11)14(12)15/h8-10H,1-7H2. The summed E-state index contributed by atoms with van der Waals surface area (Å²) in [6.07, 6.45) is 6.48. The Morgan fingerprint density at radius 2 is 1.75 bits per heavy atom. The maximum atomic E-state index is 10.6. The molecule has 2 heteroatoms. The summed E-state index contributed by atoms with van der Waals surface area (Å²) >= 11 is 0. The van der Waals surface area contributed by atoms with E-state index in [1.54, 1.807) is 0 Å². The van der Waals surface area contributed by atoms with E-state index >= 15 is 0 Å². The molecule has 0 fully saturated rings. The van der Waals surface area contributed by atoms with Crippen LogP contribution in [0.4, 0.5) is 5.69 Å². The van der Waals surface area contributed by atoms with Crippen LogP contribution in [-0.2, 0) is 24.1 Å². The summed E-state index contributed by atoms with van der Waals surface area (Å²) in [6, 6.07) is 4.48. The van der Waals surface area contributed by atoms with Gasteiger partial charge in [-0.05, 0) is 42.4 Å². The average Bonchev–Trinajstić information content (AvgIpc) is 2.30. The van der Waals surface area contributed by atoms with E-state index in [-0.39, 0.29) is 0 Å². The molecule has 0 aromatic heterocycles. The van der Waals surface area contributed by atoms with Gasteiger partial charge in [-0.15, -0.1) is 0 Å². The second-order valence-corrected chi connectivity index (χ2v) is 4.83. The van der Waals surface area contributed by atoms with Crippen LogP contribution in [0.2, 0.25) is 0 Å². The Labute approximate surface area is 96.3 Å². The largest absolute Gasteiger partial charge is 0.371 e. The first-order valence-corrected chi connectivity index (χ1v) is 6.22. The van der Waals surface area contributed by atoms with E-state index in [1.807, 2.05) is 0 Å². The van der Waals surface area contributed by atoms with Gasteiger partial charge in [-0.3, -0.25) is 0 Å². The van der Waals surface area contributed by atoms with Gasteiger partial charge >= 0.3 is 0 Å². The number of hydrogen-bond donors (Lipinski definition) is 0. The highest BCUT2D eigenvalue weighted by atomic mass is 16.1. The third-order valence-electron chi connectivity index (χ3n) is 3.71. The number of carbonyl (C=O) groups excluding carboxylic acids is 1. The second kappa shape index (κ2) is 3.93. The van der Waals surface area contributed by atoms with Crippen molar-refractivity contribution in [2.75, 3.05) is 18.0 Å². The molecule has 0 saturated carbocycles. The molecule has 84 valence electrons. The van der Waals surface area contributed by atoms with Crippen molar-refractivity contribution in [3.05, 3.63) is 28.8 Å². The lowest BCUT2D eigenvalue weighted by molar-refractivity contribution is -0.107. The van der Waals surface area contributed by atoms with Crippen molar-refractivity contribution in [1.82, 2.24) is 0 Å². The third kappa shape index (κ3) is 1.53. The van der Waals surface area contributed by atoms with E-state index < -0.39 is 0 Å². The molecule has 3 rings (SSSR count). The van der Waals surface area contributed by atoms with Gasteiger partial charge in [0.2, 0.25) is 0 Å². The van der Waals surface area contributed by atoms with Crippen LogP contribution in [0.5, 0.6) is 0 Å². The molecule has 0 aliphatic carbocycles. The maximum absolute atomic E-state index is 10.6. The summed E-state index contributed by atoms with van der Waals surface area (Å²) in [5.74, 6) is 0. The molecule has 2 nitrogen and oxygen atoms in total. The molecular weight excluding hydrogens is 198 g/mol. The van der Waals surface area contributed by atoms with Crippen molar-refractivity contribution < 1.29 is 4.79 Å². The van der Waals surface area contributed by atoms with Crippen molar-refractivity contribution >= 4 is 12.0 Å². The van der Waals surface area contributed by atoms with Crippen LogP contribution in [0.1, 0.15) is 29.5 Å². The number of nitrogens with zero attached hydrogens (tertiary/aromatic N) is 1. The van der Waals surface area contributed by atoms with Crippen molar-refractivity contribution in [2.45, 2.75) is 32.1 Å². The molecule has 2 aliphatic rings. The zero-order valence-electron chi connectivity index (χ0n) is 9.54. The Morgan fingerprint density at radius 3 is 2.31 bits per heavy atom. The van der Waals surface area contributed by atoms with Gasteiger partial charge < -0.3 is 9.69 Å². The molecular formula is C14H17NO. The summed E-state index contributed by atoms with van der Waals surface area (Å²) in [6.45, 7) is 2.43. The van der Waals surface area contributed by atoms with Crippen LogP contribution in [0.15, 0.2) is 12.1 Å². The molecule has 2 aliphatic heterocycles. The van der Waals surface area contributed by atoms with Gasteiger partial charge in [0.15, 0.2) is 0 Å². The van der Waals surface area contributed by atoms with Crippen molar-refractivity contribution in [1.29, 1.82) is 0 Å². The van der Waals surface area contributed by atoms with Crippen LogP contribution in [0.3, 0.4) is 0 Å². The van der Waals surface area contributed by atoms with E-state index in [0.29, 0.717) is 6.42 Å². The first-order valence-electron chi connectivity index (χ1n) is 6.22. The predicted octanol–water partition coefficient (Wildman–Crippen LogP) is 2.13. The van der Waals surface area contributed by atoms with E-state index in [9.17, 15) is 4.79 Å². The van der Waals surface area contributed by atoms with Gasteiger partial charge in [0.1, 0.15) is 6.29 Å². The van der Waals surface area contributed by atoms with Gasteiger partial charge in [0, 0.05) is 25.2 Å². The predicted molar refractivity (Wildman–Crippen MR) is 65.1 cm³/mol. The third-order valence-corrected chi connectivity index (χ3v) is 3.71. The summed E-state index contributed by atoms with van der Waals surface area (Å²) in [7, 11) is 0. The zero-order valence-corrected chi connectivity index (χ0v) is 9.54. The maximum Gasteiger partial charge on any atom is 0.124 e. The van der Waals surface area contributed by atoms with Gasteiger partial charge in [-0.1, -0.05) is 12.1 Å². The van der Waals surface area contributed by atoms with E-state index in [0.717, 1.165) is 6.29 Å².